The molecule has 0 heterocycles. The fourth-order valence-electron chi connectivity index (χ4n) is 5.33. The molecule has 3 unspecified atom stereocenters. The van der Waals surface area contributed by atoms with Crippen LogP contribution in [0.5, 0.6) is 5.75 Å². The zero-order valence-electron chi connectivity index (χ0n) is 18.7. The number of aliphatic hydroxyl groups excluding tert-OH is 2. The molecular weight excluding hydrogens is 448 g/mol. The molecule has 180 valence electrons. The summed E-state index contributed by atoms with van der Waals surface area (Å²) in [5.74, 6) is -8.16. The van der Waals surface area contributed by atoms with Crippen molar-refractivity contribution in [3.05, 3.63) is 39.7 Å². The van der Waals surface area contributed by atoms with Crippen molar-refractivity contribution in [1.29, 1.82) is 0 Å². The number of hydrogen-bond acceptors (Lipinski definition) is 10. The number of anilines is 1. The van der Waals surface area contributed by atoms with Crippen LogP contribution in [0.15, 0.2) is 23.0 Å². The standard InChI is InChI=1S/C23H24N2O9/c1-25(2)12-7-11(22(32)34-3)17(27)15-10(12)5-8-4-9-6-13(26)16(21(24)31)20(30)23(9,33)19(29)14(8)18(15)28/h7-9,27-28,30,33H,4-6H2,1-3H3,(H2,24,31). The molecule has 0 bridgehead atoms. The zero-order valence-corrected chi connectivity index (χ0v) is 18.7. The van der Waals surface area contributed by atoms with Gasteiger partial charge in [0.2, 0.25) is 5.78 Å². The summed E-state index contributed by atoms with van der Waals surface area (Å²) >= 11 is 0. The van der Waals surface area contributed by atoms with E-state index in [0.717, 1.165) is 7.11 Å². The molecule has 11 heteroatoms. The van der Waals surface area contributed by atoms with Crippen LogP contribution in [0.4, 0.5) is 5.69 Å². The second-order valence-corrected chi connectivity index (χ2v) is 8.94. The highest BCUT2D eigenvalue weighted by molar-refractivity contribution is 6.22. The fraction of sp³-hybridized carbons (Fsp3) is 0.391. The number of primary amides is 1. The number of phenolic OH excluding ortho intramolecular Hbond substituents is 1. The average Bonchev–Trinajstić information content (AvgIpc) is 2.75. The number of carbonyl (C=O) groups excluding carboxylic acids is 4. The van der Waals surface area contributed by atoms with Gasteiger partial charge < -0.3 is 35.8 Å². The van der Waals surface area contributed by atoms with Crippen LogP contribution < -0.4 is 10.6 Å². The molecule has 0 radical (unpaired) electrons. The predicted molar refractivity (Wildman–Crippen MR) is 117 cm³/mol. The summed E-state index contributed by atoms with van der Waals surface area (Å²) in [6.45, 7) is 0. The number of rotatable bonds is 3. The highest BCUT2D eigenvalue weighted by Gasteiger charge is 2.60. The number of nitrogens with zero attached hydrogens (tertiary/aromatic N) is 1. The van der Waals surface area contributed by atoms with E-state index in [9.17, 15) is 39.6 Å². The topological polar surface area (TPSA) is 188 Å². The van der Waals surface area contributed by atoms with Gasteiger partial charge in [-0.1, -0.05) is 0 Å². The van der Waals surface area contributed by atoms with Crippen molar-refractivity contribution in [2.75, 3.05) is 26.1 Å². The number of fused-ring (bicyclic) bond motifs is 3. The maximum absolute atomic E-state index is 13.5. The molecule has 4 rings (SSSR count). The highest BCUT2D eigenvalue weighted by Crippen LogP contribution is 2.53. The van der Waals surface area contributed by atoms with Gasteiger partial charge in [-0.2, -0.15) is 0 Å². The van der Waals surface area contributed by atoms with Crippen molar-refractivity contribution < 1.29 is 44.3 Å². The summed E-state index contributed by atoms with van der Waals surface area (Å²) in [6, 6.07) is 1.41. The number of amides is 1. The second kappa shape index (κ2) is 7.59. The van der Waals surface area contributed by atoms with Gasteiger partial charge >= 0.3 is 5.97 Å². The molecule has 0 spiro atoms. The third-order valence-corrected chi connectivity index (χ3v) is 6.93. The number of ketones is 2. The summed E-state index contributed by atoms with van der Waals surface area (Å²) in [4.78, 5) is 51.5. The van der Waals surface area contributed by atoms with Gasteiger partial charge in [0.15, 0.2) is 11.4 Å². The van der Waals surface area contributed by atoms with E-state index in [-0.39, 0.29) is 29.5 Å². The first kappa shape index (κ1) is 23.3. The third-order valence-electron chi connectivity index (χ3n) is 6.93. The van der Waals surface area contributed by atoms with E-state index in [1.807, 2.05) is 0 Å². The van der Waals surface area contributed by atoms with Crippen LogP contribution in [-0.4, -0.2) is 70.7 Å². The van der Waals surface area contributed by atoms with Crippen LogP contribution in [0.2, 0.25) is 0 Å². The van der Waals surface area contributed by atoms with Crippen LogP contribution in [0.3, 0.4) is 0 Å². The van der Waals surface area contributed by atoms with E-state index in [4.69, 9.17) is 10.5 Å². The maximum atomic E-state index is 13.5. The number of esters is 1. The minimum atomic E-state index is -2.64. The lowest BCUT2D eigenvalue weighted by molar-refractivity contribution is -0.147. The smallest absolute Gasteiger partial charge is 0.341 e. The summed E-state index contributed by atoms with van der Waals surface area (Å²) in [5.41, 5.74) is 1.94. The van der Waals surface area contributed by atoms with Crippen LogP contribution in [-0.2, 0) is 25.5 Å². The lowest BCUT2D eigenvalue weighted by Crippen LogP contribution is -2.58. The fourth-order valence-corrected chi connectivity index (χ4v) is 5.33. The molecule has 1 amide bonds. The number of Topliss-reactive ketones (excluding diaryl/α,β-unsaturated/α-hetero) is 2. The van der Waals surface area contributed by atoms with Gasteiger partial charge in [-0.25, -0.2) is 4.79 Å². The second-order valence-electron chi connectivity index (χ2n) is 8.94. The van der Waals surface area contributed by atoms with Crippen molar-refractivity contribution in [3.63, 3.8) is 0 Å². The third kappa shape index (κ3) is 2.93. The van der Waals surface area contributed by atoms with Crippen LogP contribution in [0.1, 0.15) is 34.3 Å². The van der Waals surface area contributed by atoms with Gasteiger partial charge in [-0.3, -0.25) is 14.4 Å². The SMILES string of the molecule is COC(=O)c1cc(N(C)C)c2c(c1O)C(O)=C1C(=O)C3(O)C(O)=C(C(N)=O)C(=O)CC3CC1C2. The largest absolute Gasteiger partial charge is 0.508 e. The van der Waals surface area contributed by atoms with Gasteiger partial charge in [-0.15, -0.1) is 0 Å². The summed E-state index contributed by atoms with van der Waals surface area (Å²) in [7, 11) is 4.52. The van der Waals surface area contributed by atoms with Crippen molar-refractivity contribution in [2.45, 2.75) is 24.9 Å². The summed E-state index contributed by atoms with van der Waals surface area (Å²) in [6.07, 6.45) is -0.235. The first-order chi connectivity index (χ1) is 15.9. The van der Waals surface area contributed by atoms with Gasteiger partial charge in [0.05, 0.1) is 12.7 Å². The van der Waals surface area contributed by atoms with Gasteiger partial charge in [0.1, 0.15) is 28.4 Å². The Morgan fingerprint density at radius 3 is 2.38 bits per heavy atom. The molecule has 34 heavy (non-hydrogen) atoms. The number of aliphatic hydroxyl groups is 3. The first-order valence-corrected chi connectivity index (χ1v) is 10.5. The maximum Gasteiger partial charge on any atom is 0.341 e. The number of aromatic hydroxyl groups is 1. The van der Waals surface area contributed by atoms with Crippen molar-refractivity contribution in [3.8, 4) is 5.75 Å². The van der Waals surface area contributed by atoms with Crippen molar-refractivity contribution in [1.82, 2.24) is 0 Å². The van der Waals surface area contributed by atoms with Crippen molar-refractivity contribution in [2.24, 2.45) is 17.6 Å². The highest BCUT2D eigenvalue weighted by atomic mass is 16.5. The number of benzene rings is 1. The number of methoxy groups -OCH3 is 1. The van der Waals surface area contributed by atoms with Crippen molar-refractivity contribution >= 4 is 34.9 Å². The molecule has 11 nitrogen and oxygen atoms in total. The average molecular weight is 472 g/mol. The van der Waals surface area contributed by atoms with E-state index in [0.29, 0.717) is 11.3 Å². The molecule has 0 saturated heterocycles. The van der Waals surface area contributed by atoms with E-state index >= 15 is 0 Å². The van der Waals surface area contributed by atoms with Gasteiger partial charge in [0, 0.05) is 37.7 Å². The Morgan fingerprint density at radius 1 is 1.18 bits per heavy atom. The quantitative estimate of drug-likeness (QED) is 0.302. The Kier molecular flexibility index (Phi) is 5.20. The summed E-state index contributed by atoms with van der Waals surface area (Å²) in [5, 5.41) is 43.9. The number of nitrogens with two attached hydrogens (primary N) is 1. The minimum Gasteiger partial charge on any atom is -0.508 e. The van der Waals surface area contributed by atoms with E-state index in [2.05, 4.69) is 0 Å². The predicted octanol–water partition coefficient (Wildman–Crippen LogP) is 0.276. The normalized spacial score (nSPS) is 26.0. The monoisotopic (exact) mass is 472 g/mol. The summed E-state index contributed by atoms with van der Waals surface area (Å²) < 4.78 is 4.71. The number of phenols is 1. The Morgan fingerprint density at radius 2 is 1.82 bits per heavy atom. The Balaban J connectivity index is 1.99. The van der Waals surface area contributed by atoms with E-state index < -0.39 is 70.1 Å². The molecule has 3 aliphatic carbocycles. The Bertz CT molecular complexity index is 1240. The van der Waals surface area contributed by atoms with E-state index in [1.165, 1.54) is 6.07 Å². The molecule has 3 aliphatic rings. The molecule has 1 fully saturated rings. The number of carbonyl (C=O) groups is 4. The molecule has 6 N–H and O–H groups in total. The molecule has 3 atom stereocenters. The minimum absolute atomic E-state index is 0.0231. The van der Waals surface area contributed by atoms with Gasteiger partial charge in [-0.05, 0) is 30.4 Å². The van der Waals surface area contributed by atoms with Gasteiger partial charge in [0.25, 0.3) is 5.91 Å². The van der Waals surface area contributed by atoms with Crippen LogP contribution in [0, 0.1) is 11.8 Å². The van der Waals surface area contributed by atoms with Crippen LogP contribution >= 0.6 is 0 Å². The number of hydrogen-bond donors (Lipinski definition) is 5. The first-order valence-electron chi connectivity index (χ1n) is 10.5. The molecule has 1 saturated carbocycles. The molecule has 1 aromatic rings. The molecule has 1 aromatic carbocycles. The molecule has 0 aliphatic heterocycles. The number of ether oxygens (including phenoxy) is 1. The Labute approximate surface area is 193 Å². The Hall–Kier alpha value is -3.86. The lowest BCUT2D eigenvalue weighted by Gasteiger charge is -2.46. The van der Waals surface area contributed by atoms with Crippen LogP contribution in [0.25, 0.3) is 5.76 Å². The molecule has 0 aromatic heterocycles. The van der Waals surface area contributed by atoms with E-state index in [1.54, 1.807) is 19.0 Å². The lowest BCUT2D eigenvalue weighted by atomic mass is 9.59. The molecular formula is C23H24N2O9. The zero-order chi connectivity index (χ0) is 25.3.